The van der Waals surface area contributed by atoms with Crippen molar-refractivity contribution < 1.29 is 0 Å². The third kappa shape index (κ3) is 1.43. The van der Waals surface area contributed by atoms with Gasteiger partial charge in [0.25, 0.3) is 0 Å². The molecule has 0 fully saturated rings. The summed E-state index contributed by atoms with van der Waals surface area (Å²) in [4.78, 5) is 0. The molecule has 16 heavy (non-hydrogen) atoms. The molecule has 0 heterocycles. The van der Waals surface area contributed by atoms with Crippen molar-refractivity contribution >= 4 is 0 Å². The second-order valence-corrected chi connectivity index (χ2v) is 4.21. The smallest absolute Gasteiger partial charge is 0.0406 e. The Kier molecular flexibility index (Phi) is 2.07. The lowest BCUT2D eigenvalue weighted by Gasteiger charge is -2.16. The van der Waals surface area contributed by atoms with Gasteiger partial charge < -0.3 is 0 Å². The molecule has 0 bridgehead atoms. The Labute approximate surface area is 95.9 Å². The van der Waals surface area contributed by atoms with Crippen molar-refractivity contribution in [3.63, 3.8) is 0 Å². The van der Waals surface area contributed by atoms with Gasteiger partial charge in [0, 0.05) is 0 Å². The van der Waals surface area contributed by atoms with Crippen molar-refractivity contribution in [2.75, 3.05) is 0 Å². The van der Waals surface area contributed by atoms with Crippen LogP contribution in [0.3, 0.4) is 0 Å². The van der Waals surface area contributed by atoms with Gasteiger partial charge in [-0.3, -0.25) is 0 Å². The molecule has 0 spiro atoms. The highest BCUT2D eigenvalue weighted by Gasteiger charge is 2.02. The van der Waals surface area contributed by atoms with Gasteiger partial charge in [-0.05, 0) is 6.92 Å². The summed E-state index contributed by atoms with van der Waals surface area (Å²) in [6, 6.07) is 21.6. The summed E-state index contributed by atoms with van der Waals surface area (Å²) in [5.74, 6) is 0. The molecule has 78 valence electrons. The Morgan fingerprint density at radius 2 is 1.69 bits per heavy atom. The maximum atomic E-state index is 2.26. The predicted octanol–water partition coefficient (Wildman–Crippen LogP) is 4.49. The number of hydrogen-bond acceptors (Lipinski definition) is 0. The first kappa shape index (κ1) is 9.29. The van der Waals surface area contributed by atoms with Gasteiger partial charge in [0.2, 0.25) is 0 Å². The fraction of sp³-hybridized carbons (Fsp3) is 0.0625. The van der Waals surface area contributed by atoms with Gasteiger partial charge in [-0.25, -0.2) is 0 Å². The number of hydrogen-bond donors (Lipinski definition) is 0. The Balaban J connectivity index is 2.26. The summed E-state index contributed by atoms with van der Waals surface area (Å²) >= 11 is 0. The molecule has 2 aliphatic rings. The van der Waals surface area contributed by atoms with Crippen LogP contribution in [-0.4, -0.2) is 0 Å². The molecule has 1 aromatic carbocycles. The number of aryl methyl sites for hydroxylation is 1. The van der Waals surface area contributed by atoms with Crippen LogP contribution in [0.5, 0.6) is 0 Å². The molecule has 0 atom stereocenters. The fourth-order valence-corrected chi connectivity index (χ4v) is 2.25. The van der Waals surface area contributed by atoms with Gasteiger partial charge in [-0.15, -0.1) is 34.9 Å². The van der Waals surface area contributed by atoms with Crippen molar-refractivity contribution in [1.29, 1.82) is 0 Å². The summed E-state index contributed by atoms with van der Waals surface area (Å²) < 4.78 is 0. The molecule has 1 aromatic rings. The lowest BCUT2D eigenvalue weighted by molar-refractivity contribution is 1.56. The van der Waals surface area contributed by atoms with E-state index < -0.39 is 0 Å². The molecule has 0 unspecified atom stereocenters. The minimum absolute atomic E-state index is 1.29. The maximum absolute atomic E-state index is 2.26. The third-order valence-corrected chi connectivity index (χ3v) is 2.98. The van der Waals surface area contributed by atoms with Crippen LogP contribution in [0, 0.1) is 6.92 Å². The molecule has 0 saturated heterocycles. The SMILES string of the molecule is Cc1cc2cc[cH-]c(-c3ccccc3)c-2c1. The van der Waals surface area contributed by atoms with Crippen LogP contribution in [-0.2, 0) is 0 Å². The van der Waals surface area contributed by atoms with E-state index in [0.29, 0.717) is 0 Å². The number of benzene rings is 2. The summed E-state index contributed by atoms with van der Waals surface area (Å²) in [6.45, 7) is 2.15. The standard InChI is InChI=1S/C16H13/c1-12-10-14-8-5-9-15(16(14)11-12)13-6-3-2-4-7-13/h2-11H,1H3/q-1. The van der Waals surface area contributed by atoms with Gasteiger partial charge in [-0.1, -0.05) is 53.6 Å². The number of rotatable bonds is 1. The monoisotopic (exact) mass is 205 g/mol. The average Bonchev–Trinajstić information content (AvgIpc) is 2.70. The van der Waals surface area contributed by atoms with Gasteiger partial charge in [-0.2, -0.15) is 0 Å². The van der Waals surface area contributed by atoms with Crippen molar-refractivity contribution in [3.05, 3.63) is 66.2 Å². The minimum atomic E-state index is 1.29. The highest BCUT2D eigenvalue weighted by molar-refractivity contribution is 5.86. The van der Waals surface area contributed by atoms with E-state index in [1.54, 1.807) is 0 Å². The molecule has 0 aromatic heterocycles. The maximum Gasteiger partial charge on any atom is -0.0406 e. The van der Waals surface area contributed by atoms with Crippen LogP contribution in [0.15, 0.2) is 60.7 Å². The molecule has 0 amide bonds. The lowest BCUT2D eigenvalue weighted by Crippen LogP contribution is -1.81. The zero-order valence-electron chi connectivity index (χ0n) is 9.27. The highest BCUT2D eigenvalue weighted by Crippen LogP contribution is 2.35. The Hall–Kier alpha value is -1.95. The van der Waals surface area contributed by atoms with E-state index in [2.05, 4.69) is 67.6 Å². The molecule has 0 N–H and O–H groups in total. The summed E-state index contributed by atoms with van der Waals surface area (Å²) in [7, 11) is 0. The van der Waals surface area contributed by atoms with Crippen LogP contribution >= 0.6 is 0 Å². The second kappa shape index (κ2) is 3.57. The first-order valence-electron chi connectivity index (χ1n) is 5.56. The molecule has 0 heteroatoms. The molecule has 0 radical (unpaired) electrons. The van der Waals surface area contributed by atoms with E-state index in [0.717, 1.165) is 0 Å². The molecule has 0 saturated carbocycles. The Bertz CT molecular complexity index is 572. The van der Waals surface area contributed by atoms with Crippen molar-refractivity contribution in [2.45, 2.75) is 6.92 Å². The number of fused-ring (bicyclic) bond motifs is 1. The van der Waals surface area contributed by atoms with Crippen LogP contribution < -0.4 is 0 Å². The van der Waals surface area contributed by atoms with Gasteiger partial charge in [0.15, 0.2) is 0 Å². The summed E-state index contributed by atoms with van der Waals surface area (Å²) in [5.41, 5.74) is 6.63. The summed E-state index contributed by atoms with van der Waals surface area (Å²) in [5, 5.41) is 0. The van der Waals surface area contributed by atoms with Crippen LogP contribution in [0.4, 0.5) is 0 Å². The van der Waals surface area contributed by atoms with E-state index in [-0.39, 0.29) is 0 Å². The largest absolute Gasteiger partial charge is 0.145 e. The topological polar surface area (TPSA) is 0 Å². The van der Waals surface area contributed by atoms with E-state index >= 15 is 0 Å². The quantitative estimate of drug-likeness (QED) is 0.513. The fourth-order valence-electron chi connectivity index (χ4n) is 2.25. The van der Waals surface area contributed by atoms with Crippen molar-refractivity contribution in [1.82, 2.24) is 0 Å². The minimum Gasteiger partial charge on any atom is -0.145 e. The van der Waals surface area contributed by atoms with Crippen LogP contribution in [0.2, 0.25) is 0 Å². The molecule has 2 aliphatic carbocycles. The first-order chi connectivity index (χ1) is 7.84. The van der Waals surface area contributed by atoms with E-state index in [1.807, 2.05) is 0 Å². The molecular weight excluding hydrogens is 192 g/mol. The highest BCUT2D eigenvalue weighted by atomic mass is 14.1. The Morgan fingerprint density at radius 3 is 2.50 bits per heavy atom. The van der Waals surface area contributed by atoms with E-state index in [4.69, 9.17) is 0 Å². The van der Waals surface area contributed by atoms with Crippen LogP contribution in [0.25, 0.3) is 22.3 Å². The predicted molar refractivity (Wildman–Crippen MR) is 68.8 cm³/mol. The molecule has 0 aliphatic heterocycles. The first-order valence-corrected chi connectivity index (χ1v) is 5.56. The average molecular weight is 205 g/mol. The molecule has 3 rings (SSSR count). The zero-order valence-corrected chi connectivity index (χ0v) is 9.27. The van der Waals surface area contributed by atoms with Gasteiger partial charge in [0.1, 0.15) is 0 Å². The van der Waals surface area contributed by atoms with Gasteiger partial charge >= 0.3 is 0 Å². The second-order valence-electron chi connectivity index (χ2n) is 4.21. The molecule has 0 nitrogen and oxygen atoms in total. The third-order valence-electron chi connectivity index (χ3n) is 2.98. The van der Waals surface area contributed by atoms with E-state index in [9.17, 15) is 0 Å². The van der Waals surface area contributed by atoms with Crippen LogP contribution in [0.1, 0.15) is 5.56 Å². The Morgan fingerprint density at radius 1 is 0.875 bits per heavy atom. The molecular formula is C16H13-. The van der Waals surface area contributed by atoms with Crippen molar-refractivity contribution in [2.24, 2.45) is 0 Å². The lowest BCUT2D eigenvalue weighted by atomic mass is 9.97. The van der Waals surface area contributed by atoms with E-state index in [1.165, 1.54) is 27.8 Å². The van der Waals surface area contributed by atoms with Crippen molar-refractivity contribution in [3.8, 4) is 22.3 Å². The summed E-state index contributed by atoms with van der Waals surface area (Å²) in [6.07, 6.45) is 0. The normalized spacial score (nSPS) is 10.8. The zero-order chi connectivity index (χ0) is 11.0. The van der Waals surface area contributed by atoms with Gasteiger partial charge in [0.05, 0.1) is 0 Å².